The molecule has 0 aliphatic carbocycles. The van der Waals surface area contributed by atoms with Gasteiger partial charge in [0, 0.05) is 11.8 Å². The maximum Gasteiger partial charge on any atom is 0.306 e. The van der Waals surface area contributed by atoms with Crippen LogP contribution in [0.3, 0.4) is 0 Å². The lowest BCUT2D eigenvalue weighted by molar-refractivity contribution is -0.388. The van der Waals surface area contributed by atoms with E-state index in [1.165, 1.54) is 19.2 Å². The second-order valence-corrected chi connectivity index (χ2v) is 4.08. The van der Waals surface area contributed by atoms with Crippen molar-refractivity contribution in [2.75, 3.05) is 18.6 Å². The molecule has 0 aliphatic rings. The number of nitrogens with two attached hydrogens (primary N) is 1. The Hall–Kier alpha value is -1.83. The van der Waals surface area contributed by atoms with Gasteiger partial charge in [0.25, 0.3) is 0 Å². The van der Waals surface area contributed by atoms with Crippen LogP contribution in [0.5, 0.6) is 0 Å². The van der Waals surface area contributed by atoms with E-state index in [-0.39, 0.29) is 28.9 Å². The molecule has 0 amide bonds. The number of anilines is 1. The van der Waals surface area contributed by atoms with Gasteiger partial charge in [-0.15, -0.1) is 0 Å². The Morgan fingerprint density at radius 1 is 1.65 bits per heavy atom. The first-order chi connectivity index (χ1) is 8.04. The quantitative estimate of drug-likeness (QED) is 0.365. The molecule has 0 atom stereocenters. The van der Waals surface area contributed by atoms with E-state index in [2.05, 4.69) is 9.72 Å². The van der Waals surface area contributed by atoms with E-state index in [9.17, 15) is 14.9 Å². The molecule has 0 aromatic carbocycles. The minimum absolute atomic E-state index is 0.117. The van der Waals surface area contributed by atoms with Gasteiger partial charge in [-0.3, -0.25) is 14.9 Å². The van der Waals surface area contributed by atoms with Crippen molar-refractivity contribution in [2.24, 2.45) is 0 Å². The number of rotatable bonds is 5. The highest BCUT2D eigenvalue weighted by molar-refractivity contribution is 7.99. The van der Waals surface area contributed by atoms with Gasteiger partial charge in [0.1, 0.15) is 5.82 Å². The first-order valence-electron chi connectivity index (χ1n) is 4.65. The lowest BCUT2D eigenvalue weighted by Gasteiger charge is -2.02. The average Bonchev–Trinajstić information content (AvgIpc) is 2.28. The molecule has 0 bridgehead atoms. The van der Waals surface area contributed by atoms with Gasteiger partial charge in [0.2, 0.25) is 0 Å². The second-order valence-electron chi connectivity index (χ2n) is 2.99. The fourth-order valence-corrected chi connectivity index (χ4v) is 1.95. The molecule has 92 valence electrons. The van der Waals surface area contributed by atoms with E-state index < -0.39 is 4.92 Å². The summed E-state index contributed by atoms with van der Waals surface area (Å²) in [5.74, 6) is 0.185. The number of hydrogen-bond acceptors (Lipinski definition) is 7. The van der Waals surface area contributed by atoms with Crippen LogP contribution in [-0.2, 0) is 9.53 Å². The Kier molecular flexibility index (Phi) is 4.70. The zero-order chi connectivity index (χ0) is 12.8. The third-order valence-electron chi connectivity index (χ3n) is 1.83. The van der Waals surface area contributed by atoms with Gasteiger partial charge in [0.15, 0.2) is 5.03 Å². The second kappa shape index (κ2) is 6.04. The number of thioether (sulfide) groups is 1. The lowest BCUT2D eigenvalue weighted by Crippen LogP contribution is -2.02. The fourth-order valence-electron chi connectivity index (χ4n) is 1.03. The van der Waals surface area contributed by atoms with Gasteiger partial charge in [-0.1, -0.05) is 11.8 Å². The first kappa shape index (κ1) is 13.2. The van der Waals surface area contributed by atoms with Crippen molar-refractivity contribution >= 4 is 29.2 Å². The molecule has 2 N–H and O–H groups in total. The summed E-state index contributed by atoms with van der Waals surface area (Å²) in [6, 6.07) is 2.66. The number of aromatic nitrogens is 1. The first-order valence-corrected chi connectivity index (χ1v) is 5.63. The molecule has 1 aromatic rings. The third-order valence-corrected chi connectivity index (χ3v) is 2.81. The molecule has 0 aliphatic heterocycles. The molecular weight excluding hydrogens is 246 g/mol. The monoisotopic (exact) mass is 257 g/mol. The van der Waals surface area contributed by atoms with Gasteiger partial charge >= 0.3 is 11.7 Å². The molecule has 0 saturated heterocycles. The van der Waals surface area contributed by atoms with E-state index >= 15 is 0 Å². The van der Waals surface area contributed by atoms with E-state index in [0.29, 0.717) is 5.75 Å². The van der Waals surface area contributed by atoms with Crippen molar-refractivity contribution in [2.45, 2.75) is 11.4 Å². The standard InChI is InChI=1S/C9H11N3O4S/c1-16-8(13)4-5-17-9-6(12(14)15)2-3-7(10)11-9/h2-3H,4-5H2,1H3,(H2,10,11). The van der Waals surface area contributed by atoms with Gasteiger partial charge < -0.3 is 10.5 Å². The number of methoxy groups -OCH3 is 1. The zero-order valence-corrected chi connectivity index (χ0v) is 9.90. The normalized spacial score (nSPS) is 9.94. The van der Waals surface area contributed by atoms with Crippen molar-refractivity contribution < 1.29 is 14.5 Å². The largest absolute Gasteiger partial charge is 0.469 e. The van der Waals surface area contributed by atoms with Crippen molar-refractivity contribution in [1.29, 1.82) is 0 Å². The number of nitro groups is 1. The minimum atomic E-state index is -0.535. The molecule has 0 saturated carbocycles. The Morgan fingerprint density at radius 2 is 2.35 bits per heavy atom. The molecule has 17 heavy (non-hydrogen) atoms. The van der Waals surface area contributed by atoms with E-state index in [0.717, 1.165) is 11.8 Å². The van der Waals surface area contributed by atoms with Crippen LogP contribution >= 0.6 is 11.8 Å². The smallest absolute Gasteiger partial charge is 0.306 e. The van der Waals surface area contributed by atoms with Crippen LogP contribution < -0.4 is 5.73 Å². The maximum absolute atomic E-state index is 10.9. The zero-order valence-electron chi connectivity index (χ0n) is 9.08. The number of ether oxygens (including phenoxy) is 1. The van der Waals surface area contributed by atoms with Crippen LogP contribution in [0, 0.1) is 10.1 Å². The molecule has 0 fully saturated rings. The average molecular weight is 257 g/mol. The van der Waals surface area contributed by atoms with Gasteiger partial charge in [-0.2, -0.15) is 0 Å². The highest BCUT2D eigenvalue weighted by atomic mass is 32.2. The van der Waals surface area contributed by atoms with Crippen LogP contribution in [0.2, 0.25) is 0 Å². The lowest BCUT2D eigenvalue weighted by atomic mass is 10.4. The van der Waals surface area contributed by atoms with E-state index in [1.807, 2.05) is 0 Å². The van der Waals surface area contributed by atoms with Crippen LogP contribution in [0.1, 0.15) is 6.42 Å². The van der Waals surface area contributed by atoms with Crippen LogP contribution in [0.25, 0.3) is 0 Å². The van der Waals surface area contributed by atoms with E-state index in [1.54, 1.807) is 0 Å². The van der Waals surface area contributed by atoms with Crippen molar-refractivity contribution in [3.05, 3.63) is 22.2 Å². The fraction of sp³-hybridized carbons (Fsp3) is 0.333. The summed E-state index contributed by atoms with van der Waals surface area (Å²) >= 11 is 1.10. The Bertz CT molecular complexity index is 438. The predicted octanol–water partition coefficient (Wildman–Crippen LogP) is 1.23. The highest BCUT2D eigenvalue weighted by Crippen LogP contribution is 2.28. The van der Waals surface area contributed by atoms with Crippen molar-refractivity contribution in [1.82, 2.24) is 4.98 Å². The molecule has 7 nitrogen and oxygen atoms in total. The number of nitrogens with zero attached hydrogens (tertiary/aromatic N) is 2. The number of hydrogen-bond donors (Lipinski definition) is 1. The van der Waals surface area contributed by atoms with Crippen LogP contribution in [0.15, 0.2) is 17.2 Å². The van der Waals surface area contributed by atoms with Gasteiger partial charge in [-0.25, -0.2) is 4.98 Å². The van der Waals surface area contributed by atoms with Crippen LogP contribution in [0.4, 0.5) is 11.5 Å². The molecule has 0 unspecified atom stereocenters. The van der Waals surface area contributed by atoms with Crippen LogP contribution in [-0.4, -0.2) is 28.7 Å². The molecule has 1 aromatic heterocycles. The number of carbonyl (C=O) groups excluding carboxylic acids is 1. The molecule has 1 heterocycles. The Morgan fingerprint density at radius 3 is 2.94 bits per heavy atom. The summed E-state index contributed by atoms with van der Waals surface area (Å²) in [7, 11) is 1.29. The maximum atomic E-state index is 10.9. The summed E-state index contributed by atoms with van der Waals surface area (Å²) in [5.41, 5.74) is 5.33. The van der Waals surface area contributed by atoms with E-state index in [4.69, 9.17) is 5.73 Å². The Balaban J connectivity index is 2.72. The minimum Gasteiger partial charge on any atom is -0.469 e. The molecule has 1 rings (SSSR count). The molecule has 0 spiro atoms. The van der Waals surface area contributed by atoms with Gasteiger partial charge in [0.05, 0.1) is 18.5 Å². The SMILES string of the molecule is COC(=O)CCSc1nc(N)ccc1[N+](=O)[O-]. The topological polar surface area (TPSA) is 108 Å². The number of carbonyl (C=O) groups is 1. The number of nitrogen functional groups attached to an aromatic ring is 1. The molecule has 0 radical (unpaired) electrons. The Labute approximate surface area is 102 Å². The third kappa shape index (κ3) is 3.91. The van der Waals surface area contributed by atoms with Gasteiger partial charge in [-0.05, 0) is 6.07 Å². The number of pyridine rings is 1. The predicted molar refractivity (Wildman–Crippen MR) is 62.7 cm³/mol. The summed E-state index contributed by atoms with van der Waals surface area (Å²) in [6.45, 7) is 0. The number of esters is 1. The summed E-state index contributed by atoms with van der Waals surface area (Å²) in [4.78, 5) is 24.9. The highest BCUT2D eigenvalue weighted by Gasteiger charge is 2.16. The van der Waals surface area contributed by atoms with Crippen molar-refractivity contribution in [3.8, 4) is 0 Å². The summed E-state index contributed by atoms with van der Waals surface area (Å²) < 4.78 is 4.46. The molecular formula is C9H11N3O4S. The molecule has 8 heteroatoms. The summed E-state index contributed by atoms with van der Waals surface area (Å²) in [6.07, 6.45) is 0.162. The van der Waals surface area contributed by atoms with Crippen molar-refractivity contribution in [3.63, 3.8) is 0 Å². The summed E-state index contributed by atoms with van der Waals surface area (Å²) in [5, 5.41) is 10.9.